The number of benzene rings is 1. The molecule has 0 saturated carbocycles. The summed E-state index contributed by atoms with van der Waals surface area (Å²) < 4.78 is 5.65. The van der Waals surface area contributed by atoms with Gasteiger partial charge in [-0.05, 0) is 31.9 Å². The van der Waals surface area contributed by atoms with Crippen LogP contribution in [0.1, 0.15) is 33.1 Å². The minimum Gasteiger partial charge on any atom is -0.492 e. The van der Waals surface area contributed by atoms with E-state index in [0.717, 1.165) is 24.4 Å². The topological polar surface area (TPSA) is 33.3 Å². The first-order valence-corrected chi connectivity index (χ1v) is 6.61. The second-order valence-corrected chi connectivity index (χ2v) is 4.46. The maximum absolute atomic E-state index is 5.65. The molecule has 0 aliphatic carbocycles. The van der Waals surface area contributed by atoms with E-state index in [2.05, 4.69) is 23.6 Å². The van der Waals surface area contributed by atoms with E-state index in [4.69, 9.17) is 4.74 Å². The van der Waals surface area contributed by atoms with E-state index in [1.54, 1.807) is 0 Å². The van der Waals surface area contributed by atoms with Gasteiger partial charge < -0.3 is 15.4 Å². The highest BCUT2D eigenvalue weighted by Gasteiger charge is 2.17. The number of nitrogens with one attached hydrogen (secondary N) is 2. The summed E-state index contributed by atoms with van der Waals surface area (Å²) >= 11 is 0. The van der Waals surface area contributed by atoms with E-state index in [9.17, 15) is 0 Å². The Morgan fingerprint density at radius 2 is 2.24 bits per heavy atom. The Morgan fingerprint density at radius 3 is 3.00 bits per heavy atom. The van der Waals surface area contributed by atoms with Crippen molar-refractivity contribution in [3.05, 3.63) is 18.2 Å². The fourth-order valence-electron chi connectivity index (χ4n) is 2.34. The van der Waals surface area contributed by atoms with E-state index >= 15 is 0 Å². The van der Waals surface area contributed by atoms with Crippen LogP contribution in [0.5, 0.6) is 5.75 Å². The summed E-state index contributed by atoms with van der Waals surface area (Å²) in [5.74, 6) is 0.953. The quantitative estimate of drug-likeness (QED) is 0.836. The first-order valence-electron chi connectivity index (χ1n) is 6.61. The number of anilines is 2. The molecule has 1 aliphatic heterocycles. The molecule has 1 unspecified atom stereocenters. The molecule has 2 rings (SSSR count). The van der Waals surface area contributed by atoms with Crippen molar-refractivity contribution in [1.29, 1.82) is 0 Å². The van der Waals surface area contributed by atoms with Crippen molar-refractivity contribution in [2.75, 3.05) is 23.8 Å². The van der Waals surface area contributed by atoms with Crippen LogP contribution in [-0.2, 0) is 0 Å². The van der Waals surface area contributed by atoms with Gasteiger partial charge in [-0.25, -0.2) is 0 Å². The lowest BCUT2D eigenvalue weighted by molar-refractivity contribution is 0.342. The second-order valence-electron chi connectivity index (χ2n) is 4.46. The maximum Gasteiger partial charge on any atom is 0.144 e. The van der Waals surface area contributed by atoms with Gasteiger partial charge in [0.1, 0.15) is 11.4 Å². The van der Waals surface area contributed by atoms with E-state index in [1.807, 2.05) is 19.1 Å². The molecule has 0 amide bonds. The van der Waals surface area contributed by atoms with Crippen LogP contribution in [0.25, 0.3) is 0 Å². The molecule has 17 heavy (non-hydrogen) atoms. The Balaban J connectivity index is 2.21. The zero-order chi connectivity index (χ0) is 12.1. The van der Waals surface area contributed by atoms with Crippen molar-refractivity contribution in [2.45, 2.75) is 39.2 Å². The standard InChI is InChI=1S/C14H22N2O/c1-3-6-11-9-10-15-14-12(16-11)7-5-8-13(14)17-4-2/h5,7-8,11,15-16H,3-4,6,9-10H2,1-2H3. The molecule has 1 heterocycles. The third-order valence-electron chi connectivity index (χ3n) is 3.12. The lowest BCUT2D eigenvalue weighted by atomic mass is 10.1. The highest BCUT2D eigenvalue weighted by atomic mass is 16.5. The Hall–Kier alpha value is -1.38. The van der Waals surface area contributed by atoms with Crippen molar-refractivity contribution >= 4 is 11.4 Å². The third-order valence-corrected chi connectivity index (χ3v) is 3.12. The van der Waals surface area contributed by atoms with Gasteiger partial charge >= 0.3 is 0 Å². The summed E-state index contributed by atoms with van der Waals surface area (Å²) in [6.45, 7) is 5.96. The third kappa shape index (κ3) is 2.84. The zero-order valence-electron chi connectivity index (χ0n) is 10.8. The maximum atomic E-state index is 5.65. The molecule has 0 radical (unpaired) electrons. The molecule has 0 fully saturated rings. The van der Waals surface area contributed by atoms with E-state index in [1.165, 1.54) is 18.5 Å². The van der Waals surface area contributed by atoms with E-state index in [0.29, 0.717) is 12.6 Å². The monoisotopic (exact) mass is 234 g/mol. The van der Waals surface area contributed by atoms with Crippen molar-refractivity contribution < 1.29 is 4.74 Å². The smallest absolute Gasteiger partial charge is 0.144 e. The second kappa shape index (κ2) is 5.80. The normalized spacial score (nSPS) is 18.6. The molecule has 0 saturated heterocycles. The van der Waals surface area contributed by atoms with Crippen LogP contribution in [0.2, 0.25) is 0 Å². The molecule has 1 aromatic rings. The highest BCUT2D eigenvalue weighted by molar-refractivity contribution is 5.76. The van der Waals surface area contributed by atoms with Gasteiger partial charge in [-0.15, -0.1) is 0 Å². The fourth-order valence-corrected chi connectivity index (χ4v) is 2.34. The number of ether oxygens (including phenoxy) is 1. The van der Waals surface area contributed by atoms with Gasteiger partial charge in [-0.3, -0.25) is 0 Å². The molecule has 0 bridgehead atoms. The summed E-state index contributed by atoms with van der Waals surface area (Å²) in [5.41, 5.74) is 2.29. The number of hydrogen-bond acceptors (Lipinski definition) is 3. The molecule has 1 atom stereocenters. The molecule has 0 aromatic heterocycles. The minimum absolute atomic E-state index is 0.575. The van der Waals surface area contributed by atoms with Gasteiger partial charge in [0.2, 0.25) is 0 Å². The van der Waals surface area contributed by atoms with Crippen LogP contribution in [0.4, 0.5) is 11.4 Å². The van der Waals surface area contributed by atoms with Crippen LogP contribution in [0, 0.1) is 0 Å². The summed E-state index contributed by atoms with van der Waals surface area (Å²) in [6, 6.07) is 6.77. The summed E-state index contributed by atoms with van der Waals surface area (Å²) in [7, 11) is 0. The summed E-state index contributed by atoms with van der Waals surface area (Å²) in [5, 5.41) is 7.10. The molecule has 3 heteroatoms. The van der Waals surface area contributed by atoms with Crippen LogP contribution in [-0.4, -0.2) is 19.2 Å². The molecule has 1 aliphatic rings. The van der Waals surface area contributed by atoms with Gasteiger partial charge in [-0.1, -0.05) is 19.4 Å². The van der Waals surface area contributed by atoms with Gasteiger partial charge in [0, 0.05) is 12.6 Å². The van der Waals surface area contributed by atoms with Crippen molar-refractivity contribution in [3.63, 3.8) is 0 Å². The van der Waals surface area contributed by atoms with Crippen LogP contribution < -0.4 is 15.4 Å². The lowest BCUT2D eigenvalue weighted by Gasteiger charge is -2.17. The van der Waals surface area contributed by atoms with Gasteiger partial charge in [0.15, 0.2) is 0 Å². The summed E-state index contributed by atoms with van der Waals surface area (Å²) in [4.78, 5) is 0. The molecule has 2 N–H and O–H groups in total. The fraction of sp³-hybridized carbons (Fsp3) is 0.571. The average Bonchev–Trinajstić information content (AvgIpc) is 2.52. The molecular formula is C14H22N2O. The van der Waals surface area contributed by atoms with Gasteiger partial charge in [-0.2, -0.15) is 0 Å². The van der Waals surface area contributed by atoms with Crippen LogP contribution in [0.15, 0.2) is 18.2 Å². The summed E-state index contributed by atoms with van der Waals surface area (Å²) in [6.07, 6.45) is 3.60. The van der Waals surface area contributed by atoms with Gasteiger partial charge in [0.05, 0.1) is 12.3 Å². The SMILES string of the molecule is CCCC1CCNc2c(cccc2OCC)N1. The Morgan fingerprint density at radius 1 is 1.35 bits per heavy atom. The Labute approximate surface area is 104 Å². The largest absolute Gasteiger partial charge is 0.492 e. The van der Waals surface area contributed by atoms with Crippen molar-refractivity contribution in [2.24, 2.45) is 0 Å². The molecule has 0 spiro atoms. The van der Waals surface area contributed by atoms with Crippen LogP contribution >= 0.6 is 0 Å². The molecular weight excluding hydrogens is 212 g/mol. The van der Waals surface area contributed by atoms with Gasteiger partial charge in [0.25, 0.3) is 0 Å². The van der Waals surface area contributed by atoms with E-state index < -0.39 is 0 Å². The first kappa shape index (κ1) is 12.1. The number of para-hydroxylation sites is 1. The number of fused-ring (bicyclic) bond motifs is 1. The zero-order valence-corrected chi connectivity index (χ0v) is 10.8. The Kier molecular flexibility index (Phi) is 4.13. The number of rotatable bonds is 4. The molecule has 94 valence electrons. The van der Waals surface area contributed by atoms with Crippen LogP contribution in [0.3, 0.4) is 0 Å². The lowest BCUT2D eigenvalue weighted by Crippen LogP contribution is -2.19. The number of hydrogen-bond donors (Lipinski definition) is 2. The molecule has 3 nitrogen and oxygen atoms in total. The average molecular weight is 234 g/mol. The Bertz CT molecular complexity index is 365. The van der Waals surface area contributed by atoms with Crippen molar-refractivity contribution in [3.8, 4) is 5.75 Å². The highest BCUT2D eigenvalue weighted by Crippen LogP contribution is 2.35. The first-order chi connectivity index (χ1) is 8.35. The minimum atomic E-state index is 0.575. The van der Waals surface area contributed by atoms with Crippen molar-refractivity contribution in [1.82, 2.24) is 0 Å². The van der Waals surface area contributed by atoms with E-state index in [-0.39, 0.29) is 0 Å². The predicted molar refractivity (Wildman–Crippen MR) is 73.0 cm³/mol. The predicted octanol–water partition coefficient (Wildman–Crippen LogP) is 3.48. The molecule has 1 aromatic carbocycles.